The number of benzene rings is 4. The first-order valence-electron chi connectivity index (χ1n) is 12.7. The molecule has 9 nitrogen and oxygen atoms in total. The summed E-state index contributed by atoms with van der Waals surface area (Å²) in [7, 11) is 0. The molecule has 0 bridgehead atoms. The van der Waals surface area contributed by atoms with Gasteiger partial charge in [0.1, 0.15) is 34.2 Å². The number of Topliss-reactive ketones (excluding diaryl/α,β-unsaturated/α-hetero) is 1. The minimum atomic E-state index is -0.651. The number of hydrogen-bond acceptors (Lipinski definition) is 8. The van der Waals surface area contributed by atoms with E-state index >= 15 is 0 Å². The highest BCUT2D eigenvalue weighted by Crippen LogP contribution is 2.38. The number of ketones is 1. The molecule has 0 atom stereocenters. The van der Waals surface area contributed by atoms with Crippen molar-refractivity contribution in [2.24, 2.45) is 0 Å². The monoisotopic (exact) mass is 547 g/mol. The van der Waals surface area contributed by atoms with Crippen LogP contribution in [-0.4, -0.2) is 23.3 Å². The lowest BCUT2D eigenvalue weighted by atomic mass is 10.1. The van der Waals surface area contributed by atoms with Crippen molar-refractivity contribution in [1.29, 1.82) is 0 Å². The molecule has 1 aliphatic rings. The Balaban J connectivity index is 1.30. The fourth-order valence-electron chi connectivity index (χ4n) is 4.56. The lowest BCUT2D eigenvalue weighted by Gasteiger charge is -2.07. The Kier molecular flexibility index (Phi) is 6.52. The first-order chi connectivity index (χ1) is 19.9. The van der Waals surface area contributed by atoms with E-state index in [1.54, 1.807) is 18.2 Å². The quantitative estimate of drug-likeness (QED) is 0.0688. The highest BCUT2D eigenvalue weighted by Gasteiger charge is 2.29. The molecule has 0 saturated heterocycles. The van der Waals surface area contributed by atoms with E-state index in [-0.39, 0.29) is 34.3 Å². The van der Waals surface area contributed by atoms with Gasteiger partial charge in [0.25, 0.3) is 5.69 Å². The van der Waals surface area contributed by atoms with Crippen molar-refractivity contribution < 1.29 is 33.1 Å². The molecule has 0 N–H and O–H groups in total. The van der Waals surface area contributed by atoms with Crippen molar-refractivity contribution in [3.05, 3.63) is 124 Å². The number of nitro groups is 1. The van der Waals surface area contributed by atoms with Crippen LogP contribution in [0.1, 0.15) is 33.2 Å². The van der Waals surface area contributed by atoms with E-state index in [4.69, 9.17) is 18.6 Å². The number of hydrogen-bond donors (Lipinski definition) is 0. The number of allylic oxidation sites excluding steroid dienone is 1. The van der Waals surface area contributed by atoms with Gasteiger partial charge in [-0.15, -0.1) is 0 Å². The summed E-state index contributed by atoms with van der Waals surface area (Å²) in [5.74, 6) is 0.397. The molecule has 2 heterocycles. The van der Waals surface area contributed by atoms with Crippen molar-refractivity contribution in [3.8, 4) is 28.6 Å². The highest BCUT2D eigenvalue weighted by molar-refractivity contribution is 6.15. The smallest absolute Gasteiger partial charge is 0.348 e. The van der Waals surface area contributed by atoms with E-state index in [2.05, 4.69) is 0 Å². The predicted octanol–water partition coefficient (Wildman–Crippen LogP) is 7.24. The molecular weight excluding hydrogens is 526 g/mol. The zero-order valence-electron chi connectivity index (χ0n) is 21.7. The van der Waals surface area contributed by atoms with Crippen LogP contribution in [0.3, 0.4) is 0 Å². The maximum absolute atomic E-state index is 13.6. The summed E-state index contributed by atoms with van der Waals surface area (Å²) in [4.78, 5) is 36.9. The fraction of sp³-hybridized carbons (Fsp3) is 0.0625. The number of fused-ring (bicyclic) bond motifs is 2. The van der Waals surface area contributed by atoms with Crippen molar-refractivity contribution in [2.45, 2.75) is 6.92 Å². The van der Waals surface area contributed by atoms with Crippen LogP contribution < -0.4 is 14.2 Å². The molecule has 41 heavy (non-hydrogen) atoms. The van der Waals surface area contributed by atoms with E-state index < -0.39 is 10.9 Å². The van der Waals surface area contributed by atoms with Gasteiger partial charge in [-0.2, -0.15) is 0 Å². The van der Waals surface area contributed by atoms with Gasteiger partial charge in [0.2, 0.25) is 5.78 Å². The van der Waals surface area contributed by atoms with Gasteiger partial charge in [0.05, 0.1) is 17.1 Å². The molecule has 0 unspecified atom stereocenters. The van der Waals surface area contributed by atoms with Crippen LogP contribution in [0.4, 0.5) is 5.69 Å². The Morgan fingerprint density at radius 1 is 0.951 bits per heavy atom. The van der Waals surface area contributed by atoms with Crippen molar-refractivity contribution in [2.75, 3.05) is 6.61 Å². The number of nitrogens with zero attached hydrogens (tertiary/aromatic N) is 1. The summed E-state index contributed by atoms with van der Waals surface area (Å²) in [6.07, 6.45) is 1.50. The van der Waals surface area contributed by atoms with E-state index in [9.17, 15) is 19.7 Å². The summed E-state index contributed by atoms with van der Waals surface area (Å²) in [5.41, 5.74) is 2.25. The van der Waals surface area contributed by atoms with E-state index in [0.717, 1.165) is 0 Å². The van der Waals surface area contributed by atoms with Crippen LogP contribution >= 0.6 is 0 Å². The molecule has 4 aromatic carbocycles. The van der Waals surface area contributed by atoms with Gasteiger partial charge < -0.3 is 18.6 Å². The number of rotatable bonds is 7. The normalized spacial score (nSPS) is 13.2. The lowest BCUT2D eigenvalue weighted by molar-refractivity contribution is -0.384. The number of esters is 1. The van der Waals surface area contributed by atoms with E-state index in [1.165, 1.54) is 48.5 Å². The van der Waals surface area contributed by atoms with Crippen molar-refractivity contribution >= 4 is 34.5 Å². The third kappa shape index (κ3) is 4.92. The molecular formula is C32H21NO8. The van der Waals surface area contributed by atoms with Crippen LogP contribution in [0.2, 0.25) is 0 Å². The average Bonchev–Trinajstić information content (AvgIpc) is 3.51. The number of nitro benzene ring substituents is 1. The second-order valence-electron chi connectivity index (χ2n) is 9.10. The van der Waals surface area contributed by atoms with Crippen molar-refractivity contribution in [3.63, 3.8) is 0 Å². The molecule has 9 heteroatoms. The molecule has 5 aromatic rings. The second-order valence-corrected chi connectivity index (χ2v) is 9.10. The summed E-state index contributed by atoms with van der Waals surface area (Å²) >= 11 is 0. The molecule has 6 rings (SSSR count). The maximum Gasteiger partial charge on any atom is 0.348 e. The van der Waals surface area contributed by atoms with Gasteiger partial charge in [-0.25, -0.2) is 4.79 Å². The number of furan rings is 1. The minimum absolute atomic E-state index is 0.0491. The Morgan fingerprint density at radius 3 is 2.44 bits per heavy atom. The Labute approximate surface area is 233 Å². The lowest BCUT2D eigenvalue weighted by Crippen LogP contribution is -2.09. The Hall–Kier alpha value is -5.70. The zero-order valence-corrected chi connectivity index (χ0v) is 21.7. The summed E-state index contributed by atoms with van der Waals surface area (Å²) in [6.45, 7) is 2.33. The molecule has 202 valence electrons. The standard InChI is InChI=1S/C32H21NO8/c1-2-38-22-13-15-26-25(17-22)29(31(41-26)20-6-4-3-5-7-20)32(35)39-23-12-14-24-27(18-23)40-28(30(24)34)16-19-8-10-21(11-9-19)33(36)37/h3-18H,2H2,1H3. The average molecular weight is 548 g/mol. The van der Waals surface area contributed by atoms with E-state index in [1.807, 2.05) is 37.3 Å². The molecule has 0 amide bonds. The molecule has 0 fully saturated rings. The Bertz CT molecular complexity index is 1850. The molecule has 0 radical (unpaired) electrons. The van der Waals surface area contributed by atoms with Crippen LogP contribution in [0.25, 0.3) is 28.4 Å². The first kappa shape index (κ1) is 25.6. The molecule has 0 saturated carbocycles. The highest BCUT2D eigenvalue weighted by atomic mass is 16.6. The topological polar surface area (TPSA) is 118 Å². The van der Waals surface area contributed by atoms with Gasteiger partial charge >= 0.3 is 5.97 Å². The SMILES string of the molecule is CCOc1ccc2oc(-c3ccccc3)c(C(=O)Oc3ccc4c(c3)OC(=Cc3ccc([N+](=O)[O-])cc3)C4=O)c2c1. The fourth-order valence-corrected chi connectivity index (χ4v) is 4.56. The maximum atomic E-state index is 13.6. The van der Waals surface area contributed by atoms with Gasteiger partial charge in [-0.1, -0.05) is 30.3 Å². The van der Waals surface area contributed by atoms with Crippen LogP contribution in [-0.2, 0) is 0 Å². The minimum Gasteiger partial charge on any atom is -0.494 e. The third-order valence-electron chi connectivity index (χ3n) is 6.46. The molecule has 0 aliphatic carbocycles. The Morgan fingerprint density at radius 2 is 1.71 bits per heavy atom. The third-order valence-corrected chi connectivity index (χ3v) is 6.46. The van der Waals surface area contributed by atoms with Crippen molar-refractivity contribution in [1.82, 2.24) is 0 Å². The number of carbonyl (C=O) groups is 2. The van der Waals surface area contributed by atoms with Gasteiger partial charge in [-0.3, -0.25) is 14.9 Å². The summed E-state index contributed by atoms with van der Waals surface area (Å²) < 4.78 is 23.3. The predicted molar refractivity (Wildman–Crippen MR) is 150 cm³/mol. The van der Waals surface area contributed by atoms with Gasteiger partial charge in [0.15, 0.2) is 5.76 Å². The summed E-state index contributed by atoms with van der Waals surface area (Å²) in [6, 6.07) is 24.7. The van der Waals surface area contributed by atoms with Crippen LogP contribution in [0.15, 0.2) is 101 Å². The number of ether oxygens (including phenoxy) is 3. The van der Waals surface area contributed by atoms with E-state index in [0.29, 0.717) is 45.8 Å². The first-order valence-corrected chi connectivity index (χ1v) is 12.7. The number of non-ortho nitro benzene ring substituents is 1. The largest absolute Gasteiger partial charge is 0.494 e. The molecule has 1 aromatic heterocycles. The number of carbonyl (C=O) groups excluding carboxylic acids is 2. The molecule has 0 spiro atoms. The second kappa shape index (κ2) is 10.5. The van der Waals surface area contributed by atoms with Gasteiger partial charge in [-0.05, 0) is 61.0 Å². The van der Waals surface area contributed by atoms with Crippen LogP contribution in [0.5, 0.6) is 17.2 Å². The zero-order chi connectivity index (χ0) is 28.5. The van der Waals surface area contributed by atoms with Gasteiger partial charge in [0, 0.05) is 29.1 Å². The molecule has 1 aliphatic heterocycles. The van der Waals surface area contributed by atoms with Crippen LogP contribution in [0, 0.1) is 10.1 Å². The summed E-state index contributed by atoms with van der Waals surface area (Å²) in [5, 5.41) is 11.4.